The van der Waals surface area contributed by atoms with Crippen molar-refractivity contribution >= 4 is 57.6 Å². The highest BCUT2D eigenvalue weighted by Crippen LogP contribution is 2.32. The van der Waals surface area contributed by atoms with Gasteiger partial charge in [-0.15, -0.1) is 0 Å². The van der Waals surface area contributed by atoms with Crippen LogP contribution in [0.2, 0.25) is 0 Å². The number of benzene rings is 2. The second-order valence-electron chi connectivity index (χ2n) is 6.67. The lowest BCUT2D eigenvalue weighted by Crippen LogP contribution is -2.29. The van der Waals surface area contributed by atoms with Crippen molar-refractivity contribution in [2.75, 3.05) is 11.9 Å². The molecule has 7 nitrogen and oxygen atoms in total. The van der Waals surface area contributed by atoms with Gasteiger partial charge in [0.15, 0.2) is 0 Å². The van der Waals surface area contributed by atoms with Crippen molar-refractivity contribution in [2.45, 2.75) is 19.8 Å². The molecule has 0 aromatic heterocycles. The Morgan fingerprint density at radius 1 is 1.23 bits per heavy atom. The van der Waals surface area contributed by atoms with E-state index in [-0.39, 0.29) is 29.6 Å². The number of anilines is 1. The zero-order valence-electron chi connectivity index (χ0n) is 16.2. The number of nitro groups is 1. The molecule has 0 bridgehead atoms. The topological polar surface area (TPSA) is 92.6 Å². The van der Waals surface area contributed by atoms with Gasteiger partial charge in [0.25, 0.3) is 11.6 Å². The third-order valence-corrected chi connectivity index (χ3v) is 5.79. The lowest BCUT2D eigenvalue weighted by molar-refractivity contribution is -0.383. The second-order valence-corrected chi connectivity index (χ2v) is 8.35. The van der Waals surface area contributed by atoms with Gasteiger partial charge in [0.05, 0.1) is 9.83 Å². The molecule has 154 valence electrons. The van der Waals surface area contributed by atoms with E-state index < -0.39 is 4.92 Å². The molecule has 2 amide bonds. The first kappa shape index (κ1) is 21.7. The minimum atomic E-state index is -0.546. The smallest absolute Gasteiger partial charge is 0.292 e. The monoisotopic (exact) mass is 441 g/mol. The standard InChI is InChI=1S/C21H19N3O4S2/c1-14-8-10-15(11-9-14)13-18-20(26)23(21(29)30-18)12-4-7-19(25)22-16-5-2-3-6-17(16)24(27)28/h2-3,5-6,8-11,13H,4,7,12H2,1H3,(H,22,25). The number of nitrogens with one attached hydrogen (secondary N) is 1. The number of amides is 2. The van der Waals surface area contributed by atoms with Crippen molar-refractivity contribution in [1.82, 2.24) is 4.90 Å². The predicted octanol–water partition coefficient (Wildman–Crippen LogP) is 4.52. The molecule has 30 heavy (non-hydrogen) atoms. The number of hydrogen-bond donors (Lipinski definition) is 1. The van der Waals surface area contributed by atoms with Crippen LogP contribution in [0.15, 0.2) is 53.4 Å². The summed E-state index contributed by atoms with van der Waals surface area (Å²) in [4.78, 5) is 37.3. The van der Waals surface area contributed by atoms with Crippen molar-refractivity contribution in [1.29, 1.82) is 0 Å². The minimum absolute atomic E-state index is 0.111. The van der Waals surface area contributed by atoms with Gasteiger partial charge < -0.3 is 5.32 Å². The first-order valence-electron chi connectivity index (χ1n) is 9.20. The van der Waals surface area contributed by atoms with Crippen LogP contribution in [0.4, 0.5) is 11.4 Å². The first-order valence-corrected chi connectivity index (χ1v) is 10.4. The van der Waals surface area contributed by atoms with Gasteiger partial charge in [-0.05, 0) is 31.1 Å². The van der Waals surface area contributed by atoms with Crippen LogP contribution < -0.4 is 5.32 Å². The minimum Gasteiger partial charge on any atom is -0.320 e. The molecular weight excluding hydrogens is 422 g/mol. The zero-order valence-corrected chi connectivity index (χ0v) is 17.8. The van der Waals surface area contributed by atoms with Crippen molar-refractivity contribution in [2.24, 2.45) is 0 Å². The fourth-order valence-electron chi connectivity index (χ4n) is 2.86. The van der Waals surface area contributed by atoms with Crippen LogP contribution in [0.3, 0.4) is 0 Å². The summed E-state index contributed by atoms with van der Waals surface area (Å²) < 4.78 is 0.456. The number of aryl methyl sites for hydroxylation is 1. The van der Waals surface area contributed by atoms with Gasteiger partial charge in [-0.1, -0.05) is 65.9 Å². The molecule has 1 saturated heterocycles. The molecular formula is C21H19N3O4S2. The van der Waals surface area contributed by atoms with Crippen molar-refractivity contribution < 1.29 is 14.5 Å². The maximum atomic E-state index is 12.6. The van der Waals surface area contributed by atoms with Crippen LogP contribution in [0.25, 0.3) is 6.08 Å². The molecule has 1 fully saturated rings. The number of rotatable bonds is 7. The highest BCUT2D eigenvalue weighted by Gasteiger charge is 2.31. The maximum Gasteiger partial charge on any atom is 0.292 e. The van der Waals surface area contributed by atoms with Crippen LogP contribution in [0, 0.1) is 17.0 Å². The normalized spacial score (nSPS) is 15.0. The summed E-state index contributed by atoms with van der Waals surface area (Å²) in [6, 6.07) is 13.8. The number of carbonyl (C=O) groups is 2. The highest BCUT2D eigenvalue weighted by molar-refractivity contribution is 8.26. The van der Waals surface area contributed by atoms with E-state index in [1.807, 2.05) is 31.2 Å². The molecule has 3 rings (SSSR count). The summed E-state index contributed by atoms with van der Waals surface area (Å²) in [6.45, 7) is 2.30. The highest BCUT2D eigenvalue weighted by atomic mass is 32.2. The Hall–Kier alpha value is -3.04. The Labute approximate surface area is 183 Å². The molecule has 1 aliphatic heterocycles. The first-order chi connectivity index (χ1) is 14.3. The van der Waals surface area contributed by atoms with Crippen molar-refractivity contribution in [3.8, 4) is 0 Å². The van der Waals surface area contributed by atoms with E-state index in [0.29, 0.717) is 22.2 Å². The molecule has 0 aliphatic carbocycles. The van der Waals surface area contributed by atoms with Crippen LogP contribution in [0.1, 0.15) is 24.0 Å². The molecule has 2 aromatic carbocycles. The molecule has 1 aliphatic rings. The zero-order chi connectivity index (χ0) is 21.7. The Bertz CT molecular complexity index is 1030. The number of thiocarbonyl (C=S) groups is 1. The van der Waals surface area contributed by atoms with Crippen LogP contribution >= 0.6 is 24.0 Å². The van der Waals surface area contributed by atoms with Gasteiger partial charge in [-0.25, -0.2) is 0 Å². The van der Waals surface area contributed by atoms with Gasteiger partial charge in [0.2, 0.25) is 5.91 Å². The van der Waals surface area contributed by atoms with E-state index >= 15 is 0 Å². The Morgan fingerprint density at radius 2 is 1.93 bits per heavy atom. The second kappa shape index (κ2) is 9.64. The fraction of sp³-hybridized carbons (Fsp3) is 0.190. The Kier molecular flexibility index (Phi) is 6.96. The molecule has 2 aromatic rings. The quantitative estimate of drug-likeness (QED) is 0.294. The Balaban J connectivity index is 1.55. The van der Waals surface area contributed by atoms with Crippen LogP contribution in [0.5, 0.6) is 0 Å². The van der Waals surface area contributed by atoms with E-state index in [2.05, 4.69) is 5.32 Å². The lowest BCUT2D eigenvalue weighted by Gasteiger charge is -2.14. The van der Waals surface area contributed by atoms with Crippen LogP contribution in [-0.2, 0) is 9.59 Å². The summed E-state index contributed by atoms with van der Waals surface area (Å²) in [5.74, 6) is -0.533. The summed E-state index contributed by atoms with van der Waals surface area (Å²) in [7, 11) is 0. The molecule has 1 N–H and O–H groups in total. The molecule has 9 heteroatoms. The SMILES string of the molecule is Cc1ccc(C=C2SC(=S)N(CCCC(=O)Nc3ccccc3[N+](=O)[O-])C2=O)cc1. The summed E-state index contributed by atoms with van der Waals surface area (Å²) in [5, 5.41) is 13.6. The van der Waals surface area contributed by atoms with Crippen molar-refractivity contribution in [3.63, 3.8) is 0 Å². The predicted molar refractivity (Wildman–Crippen MR) is 122 cm³/mol. The number of carbonyl (C=O) groups excluding carboxylic acids is 2. The lowest BCUT2D eigenvalue weighted by atomic mass is 10.1. The number of hydrogen-bond acceptors (Lipinski definition) is 6. The molecule has 0 unspecified atom stereocenters. The number of nitrogens with zero attached hydrogens (tertiary/aromatic N) is 2. The van der Waals surface area contributed by atoms with Gasteiger partial charge >= 0.3 is 0 Å². The Morgan fingerprint density at radius 3 is 2.63 bits per heavy atom. The number of thioether (sulfide) groups is 1. The third kappa shape index (κ3) is 5.31. The van der Waals surface area contributed by atoms with Crippen molar-refractivity contribution in [3.05, 3.63) is 74.7 Å². The van der Waals surface area contributed by atoms with E-state index in [1.54, 1.807) is 12.1 Å². The van der Waals surface area contributed by atoms with E-state index in [4.69, 9.17) is 12.2 Å². The summed E-state index contributed by atoms with van der Waals surface area (Å²) in [5.41, 5.74) is 2.05. The van der Waals surface area contributed by atoms with Gasteiger partial charge in [0, 0.05) is 19.0 Å². The average molecular weight is 442 g/mol. The van der Waals surface area contributed by atoms with Crippen LogP contribution in [-0.4, -0.2) is 32.5 Å². The maximum absolute atomic E-state index is 12.6. The largest absolute Gasteiger partial charge is 0.320 e. The molecule has 0 spiro atoms. The molecule has 0 saturated carbocycles. The molecule has 0 radical (unpaired) electrons. The summed E-state index contributed by atoms with van der Waals surface area (Å²) >= 11 is 6.55. The summed E-state index contributed by atoms with van der Waals surface area (Å²) in [6.07, 6.45) is 2.30. The van der Waals surface area contributed by atoms with Gasteiger partial charge in [0.1, 0.15) is 10.0 Å². The third-order valence-electron chi connectivity index (χ3n) is 4.41. The van der Waals surface area contributed by atoms with E-state index in [0.717, 1.165) is 11.1 Å². The van der Waals surface area contributed by atoms with Gasteiger partial charge in [-0.2, -0.15) is 0 Å². The van der Waals surface area contributed by atoms with E-state index in [1.165, 1.54) is 34.9 Å². The molecule has 0 atom stereocenters. The number of para-hydroxylation sites is 2. The van der Waals surface area contributed by atoms with Gasteiger partial charge in [-0.3, -0.25) is 24.6 Å². The average Bonchev–Trinajstić information content (AvgIpc) is 2.97. The molecule has 1 heterocycles. The van der Waals surface area contributed by atoms with E-state index in [9.17, 15) is 19.7 Å². The number of nitro benzene ring substituents is 1. The fourth-order valence-corrected chi connectivity index (χ4v) is 4.16.